The van der Waals surface area contributed by atoms with Gasteiger partial charge in [-0.05, 0) is 46.6 Å². The molecule has 18 heavy (non-hydrogen) atoms. The molecule has 0 bridgehead atoms. The minimum atomic E-state index is -0.622. The van der Waals surface area contributed by atoms with Crippen LogP contribution in [0.15, 0.2) is 40.9 Å². The van der Waals surface area contributed by atoms with Crippen LogP contribution in [-0.4, -0.2) is 0 Å². The van der Waals surface area contributed by atoms with Crippen LogP contribution >= 0.6 is 15.9 Å². The molecule has 0 atom stereocenters. The highest BCUT2D eigenvalue weighted by Crippen LogP contribution is 2.24. The average Bonchev–Trinajstić information content (AvgIpc) is 2.36. The minimum absolute atomic E-state index is 0.0763. The van der Waals surface area contributed by atoms with Crippen LogP contribution in [-0.2, 0) is 6.61 Å². The van der Waals surface area contributed by atoms with Gasteiger partial charge in [-0.15, -0.1) is 0 Å². The van der Waals surface area contributed by atoms with Gasteiger partial charge in [0.25, 0.3) is 0 Å². The van der Waals surface area contributed by atoms with Crippen molar-refractivity contribution in [2.75, 3.05) is 0 Å². The second-order valence-corrected chi connectivity index (χ2v) is 4.73. The zero-order valence-electron chi connectivity index (χ0n) is 9.71. The summed E-state index contributed by atoms with van der Waals surface area (Å²) in [6.07, 6.45) is 0. The topological polar surface area (TPSA) is 9.23 Å². The second kappa shape index (κ2) is 5.48. The van der Waals surface area contributed by atoms with Crippen molar-refractivity contribution in [2.45, 2.75) is 13.5 Å². The fourth-order valence-corrected chi connectivity index (χ4v) is 1.94. The third kappa shape index (κ3) is 2.70. The van der Waals surface area contributed by atoms with Crippen molar-refractivity contribution in [3.05, 3.63) is 63.6 Å². The monoisotopic (exact) mass is 312 g/mol. The highest BCUT2D eigenvalue weighted by Gasteiger charge is 2.13. The fraction of sp³-hybridized carbons (Fsp3) is 0.143. The van der Waals surface area contributed by atoms with E-state index < -0.39 is 11.6 Å². The van der Waals surface area contributed by atoms with Crippen LogP contribution in [0.5, 0.6) is 5.75 Å². The van der Waals surface area contributed by atoms with Gasteiger partial charge in [-0.25, -0.2) is 8.78 Å². The predicted octanol–water partition coefficient (Wildman–Crippen LogP) is 4.61. The number of para-hydroxylation sites is 1. The lowest BCUT2D eigenvalue weighted by atomic mass is 10.2. The average molecular weight is 313 g/mol. The van der Waals surface area contributed by atoms with Crippen LogP contribution < -0.4 is 4.74 Å². The van der Waals surface area contributed by atoms with Gasteiger partial charge in [-0.1, -0.05) is 18.2 Å². The van der Waals surface area contributed by atoms with E-state index in [0.29, 0.717) is 5.75 Å². The molecule has 94 valence electrons. The van der Waals surface area contributed by atoms with Crippen molar-refractivity contribution in [1.82, 2.24) is 0 Å². The molecular formula is C14H11BrF2O. The number of rotatable bonds is 3. The lowest BCUT2D eigenvalue weighted by Crippen LogP contribution is -2.03. The molecule has 0 spiro atoms. The normalized spacial score (nSPS) is 10.4. The number of hydrogen-bond donors (Lipinski definition) is 0. The molecule has 0 N–H and O–H groups in total. The van der Waals surface area contributed by atoms with Crippen LogP contribution in [0.25, 0.3) is 0 Å². The lowest BCUT2D eigenvalue weighted by molar-refractivity contribution is 0.290. The lowest BCUT2D eigenvalue weighted by Gasteiger charge is -2.10. The van der Waals surface area contributed by atoms with Crippen LogP contribution in [0, 0.1) is 18.6 Å². The van der Waals surface area contributed by atoms with Gasteiger partial charge in [0, 0.05) is 0 Å². The summed E-state index contributed by atoms with van der Waals surface area (Å²) in [5.41, 5.74) is 0.848. The standard InChI is InChI=1S/C14H11BrF2O/c1-9-4-2-3-5-13(9)18-8-10-12(16)7-6-11(15)14(10)17/h2-7H,8H2,1H3. The maximum atomic E-state index is 13.7. The summed E-state index contributed by atoms with van der Waals surface area (Å²) >= 11 is 3.02. The van der Waals surface area contributed by atoms with Gasteiger partial charge in [0.15, 0.2) is 0 Å². The molecule has 2 aromatic rings. The molecule has 0 aliphatic heterocycles. The molecule has 0 radical (unpaired) electrons. The van der Waals surface area contributed by atoms with Gasteiger partial charge in [-0.3, -0.25) is 0 Å². The first-order valence-electron chi connectivity index (χ1n) is 5.40. The smallest absolute Gasteiger partial charge is 0.146 e. The van der Waals surface area contributed by atoms with Gasteiger partial charge < -0.3 is 4.74 Å². The summed E-state index contributed by atoms with van der Waals surface area (Å²) < 4.78 is 32.9. The van der Waals surface area contributed by atoms with Crippen LogP contribution in [0.4, 0.5) is 8.78 Å². The first kappa shape index (κ1) is 13.0. The van der Waals surface area contributed by atoms with Crippen molar-refractivity contribution in [2.24, 2.45) is 0 Å². The second-order valence-electron chi connectivity index (χ2n) is 3.88. The minimum Gasteiger partial charge on any atom is -0.488 e. The molecule has 2 rings (SSSR count). The fourth-order valence-electron chi connectivity index (χ4n) is 1.57. The molecule has 4 heteroatoms. The number of ether oxygens (including phenoxy) is 1. The summed E-state index contributed by atoms with van der Waals surface area (Å²) in [5, 5.41) is 0. The maximum Gasteiger partial charge on any atom is 0.146 e. The predicted molar refractivity (Wildman–Crippen MR) is 69.6 cm³/mol. The third-order valence-electron chi connectivity index (χ3n) is 2.60. The number of halogens is 3. The summed E-state index contributed by atoms with van der Waals surface area (Å²) in [5.74, 6) is -0.607. The van der Waals surface area contributed by atoms with E-state index in [1.807, 2.05) is 25.1 Å². The van der Waals surface area contributed by atoms with E-state index in [4.69, 9.17) is 4.74 Å². The van der Waals surface area contributed by atoms with Gasteiger partial charge >= 0.3 is 0 Å². The molecule has 0 heterocycles. The van der Waals surface area contributed by atoms with E-state index in [0.717, 1.165) is 5.56 Å². The highest BCUT2D eigenvalue weighted by atomic mass is 79.9. The highest BCUT2D eigenvalue weighted by molar-refractivity contribution is 9.10. The summed E-state index contributed by atoms with van der Waals surface area (Å²) in [7, 11) is 0. The molecule has 2 aromatic carbocycles. The molecule has 0 amide bonds. The Hall–Kier alpha value is -1.42. The summed E-state index contributed by atoms with van der Waals surface area (Å²) in [6.45, 7) is 1.74. The van der Waals surface area contributed by atoms with E-state index in [1.54, 1.807) is 6.07 Å². The van der Waals surface area contributed by atoms with Gasteiger partial charge in [0.05, 0.1) is 10.0 Å². The van der Waals surface area contributed by atoms with E-state index in [9.17, 15) is 8.78 Å². The van der Waals surface area contributed by atoms with E-state index in [2.05, 4.69) is 15.9 Å². The third-order valence-corrected chi connectivity index (χ3v) is 3.22. The number of aryl methyl sites for hydroxylation is 1. The van der Waals surface area contributed by atoms with Crippen LogP contribution in [0.1, 0.15) is 11.1 Å². The van der Waals surface area contributed by atoms with E-state index in [-0.39, 0.29) is 16.6 Å². The Labute approximate surface area is 113 Å². The Bertz CT molecular complexity index is 570. The molecule has 0 unspecified atom stereocenters. The Balaban J connectivity index is 2.21. The van der Waals surface area contributed by atoms with E-state index in [1.165, 1.54) is 12.1 Å². The van der Waals surface area contributed by atoms with Crippen LogP contribution in [0.3, 0.4) is 0 Å². The molecule has 0 aliphatic carbocycles. The van der Waals surface area contributed by atoms with Gasteiger partial charge in [0.2, 0.25) is 0 Å². The Kier molecular flexibility index (Phi) is 3.97. The Morgan fingerprint density at radius 2 is 1.83 bits per heavy atom. The summed E-state index contributed by atoms with van der Waals surface area (Å²) in [4.78, 5) is 0. The first-order chi connectivity index (χ1) is 8.59. The Morgan fingerprint density at radius 3 is 2.56 bits per heavy atom. The van der Waals surface area contributed by atoms with Crippen molar-refractivity contribution in [3.8, 4) is 5.75 Å². The van der Waals surface area contributed by atoms with Gasteiger partial charge in [-0.2, -0.15) is 0 Å². The molecule has 0 fully saturated rings. The van der Waals surface area contributed by atoms with Gasteiger partial charge in [0.1, 0.15) is 24.0 Å². The van der Waals surface area contributed by atoms with Crippen molar-refractivity contribution in [1.29, 1.82) is 0 Å². The Morgan fingerprint density at radius 1 is 1.11 bits per heavy atom. The quantitative estimate of drug-likeness (QED) is 0.752. The van der Waals surface area contributed by atoms with Crippen LogP contribution in [0.2, 0.25) is 0 Å². The molecular weight excluding hydrogens is 302 g/mol. The van der Waals surface area contributed by atoms with Crippen molar-refractivity contribution < 1.29 is 13.5 Å². The first-order valence-corrected chi connectivity index (χ1v) is 6.19. The molecule has 0 saturated carbocycles. The maximum absolute atomic E-state index is 13.7. The molecule has 0 aromatic heterocycles. The van der Waals surface area contributed by atoms with Crippen molar-refractivity contribution >= 4 is 15.9 Å². The number of hydrogen-bond acceptors (Lipinski definition) is 1. The molecule has 0 aliphatic rings. The summed E-state index contributed by atoms with van der Waals surface area (Å²) in [6, 6.07) is 9.89. The van der Waals surface area contributed by atoms with Crippen molar-refractivity contribution in [3.63, 3.8) is 0 Å². The zero-order chi connectivity index (χ0) is 13.1. The SMILES string of the molecule is Cc1ccccc1OCc1c(F)ccc(Br)c1F. The molecule has 1 nitrogen and oxygen atoms in total. The molecule has 0 saturated heterocycles. The largest absolute Gasteiger partial charge is 0.488 e. The zero-order valence-corrected chi connectivity index (χ0v) is 11.3. The number of benzene rings is 2. The van der Waals surface area contributed by atoms with E-state index >= 15 is 0 Å².